The van der Waals surface area contributed by atoms with Crippen molar-refractivity contribution in [2.75, 3.05) is 6.61 Å². The number of ether oxygens (including phenoxy) is 2. The number of benzene rings is 2. The molecule has 0 N–H and O–H groups in total. The summed E-state index contributed by atoms with van der Waals surface area (Å²) in [6.07, 6.45) is 2.87. The topological polar surface area (TPSA) is 83.3 Å². The lowest BCUT2D eigenvalue weighted by molar-refractivity contribution is -0.141. The Morgan fingerprint density at radius 3 is 2.77 bits per heavy atom. The number of carbonyl (C=O) groups is 1. The number of fused-ring (bicyclic) bond motifs is 1. The van der Waals surface area contributed by atoms with E-state index in [4.69, 9.17) is 9.47 Å². The van der Waals surface area contributed by atoms with E-state index in [1.165, 1.54) is 6.08 Å². The molecule has 0 aliphatic carbocycles. The summed E-state index contributed by atoms with van der Waals surface area (Å²) in [7, 11) is 0. The molecular weight excluding hydrogens is 334 g/mol. The van der Waals surface area contributed by atoms with Crippen LogP contribution in [-0.2, 0) is 16.3 Å². The molecule has 0 aliphatic rings. The number of esters is 1. The second kappa shape index (κ2) is 8.06. The van der Waals surface area contributed by atoms with Crippen LogP contribution in [0.25, 0.3) is 17.0 Å². The summed E-state index contributed by atoms with van der Waals surface area (Å²) in [6, 6.07) is 14.2. The Bertz CT molecular complexity index is 1010. The second-order valence-corrected chi connectivity index (χ2v) is 5.31. The van der Waals surface area contributed by atoms with Crippen molar-refractivity contribution in [1.29, 1.82) is 0 Å². The van der Waals surface area contributed by atoms with Gasteiger partial charge in [-0.1, -0.05) is 35.5 Å². The number of rotatable bonds is 6. The lowest BCUT2D eigenvalue weighted by atomic mass is 10.2. The van der Waals surface area contributed by atoms with E-state index in [9.17, 15) is 9.59 Å². The predicted octanol–water partition coefficient (Wildman–Crippen LogP) is 2.40. The molecular formula is C19H17N3O4. The van der Waals surface area contributed by atoms with Crippen LogP contribution in [0.5, 0.6) is 5.75 Å². The van der Waals surface area contributed by atoms with Gasteiger partial charge >= 0.3 is 5.97 Å². The molecule has 0 bridgehead atoms. The second-order valence-electron chi connectivity index (χ2n) is 5.31. The molecule has 0 saturated carbocycles. The van der Waals surface area contributed by atoms with Crippen molar-refractivity contribution >= 4 is 22.9 Å². The summed E-state index contributed by atoms with van der Waals surface area (Å²) in [4.78, 5) is 24.2. The summed E-state index contributed by atoms with van der Waals surface area (Å²) in [5.74, 6) is 0.0776. The van der Waals surface area contributed by atoms with Gasteiger partial charge in [0.2, 0.25) is 0 Å². The molecule has 2 aromatic carbocycles. The third-order valence-corrected chi connectivity index (χ3v) is 3.58. The molecule has 0 fully saturated rings. The Kier molecular flexibility index (Phi) is 5.38. The predicted molar refractivity (Wildman–Crippen MR) is 96.5 cm³/mol. The van der Waals surface area contributed by atoms with E-state index in [2.05, 4.69) is 10.3 Å². The molecule has 0 unspecified atom stereocenters. The smallest absolute Gasteiger partial charge is 0.332 e. The molecule has 3 aromatic rings. The van der Waals surface area contributed by atoms with Crippen molar-refractivity contribution < 1.29 is 14.3 Å². The number of hydrogen-bond donors (Lipinski definition) is 0. The molecule has 7 heteroatoms. The van der Waals surface area contributed by atoms with E-state index >= 15 is 0 Å². The minimum atomic E-state index is -0.599. The van der Waals surface area contributed by atoms with Gasteiger partial charge in [0.25, 0.3) is 5.56 Å². The van der Waals surface area contributed by atoms with Crippen molar-refractivity contribution in [3.63, 3.8) is 0 Å². The molecule has 0 amide bonds. The lowest BCUT2D eigenvalue weighted by Crippen LogP contribution is -2.26. The quantitative estimate of drug-likeness (QED) is 0.501. The van der Waals surface area contributed by atoms with Crippen LogP contribution in [0.3, 0.4) is 0 Å². The first-order valence-electron chi connectivity index (χ1n) is 8.08. The van der Waals surface area contributed by atoms with Crippen molar-refractivity contribution in [2.24, 2.45) is 0 Å². The number of para-hydroxylation sites is 1. The standard InChI is InChI=1S/C19H17N3O4/c1-2-25-17-10-6-3-7-14(17)11-12-18(23)26-13-22-19(24)15-8-4-5-9-16(15)20-21-22/h3-12H,2,13H2,1H3/b12-11+. The van der Waals surface area contributed by atoms with Crippen LogP contribution in [0.2, 0.25) is 0 Å². The zero-order valence-corrected chi connectivity index (χ0v) is 14.2. The molecule has 1 aromatic heterocycles. The van der Waals surface area contributed by atoms with Crippen LogP contribution in [0.15, 0.2) is 59.4 Å². The van der Waals surface area contributed by atoms with Gasteiger partial charge in [-0.3, -0.25) is 4.79 Å². The highest BCUT2D eigenvalue weighted by Gasteiger charge is 2.07. The van der Waals surface area contributed by atoms with Crippen LogP contribution in [0.1, 0.15) is 12.5 Å². The van der Waals surface area contributed by atoms with Crippen LogP contribution in [0.4, 0.5) is 0 Å². The number of carbonyl (C=O) groups excluding carboxylic acids is 1. The Balaban J connectivity index is 1.68. The highest BCUT2D eigenvalue weighted by molar-refractivity contribution is 5.87. The normalized spacial score (nSPS) is 11.0. The minimum Gasteiger partial charge on any atom is -0.493 e. The van der Waals surface area contributed by atoms with E-state index in [0.29, 0.717) is 23.3 Å². The monoisotopic (exact) mass is 351 g/mol. The summed E-state index contributed by atoms with van der Waals surface area (Å²) in [6.45, 7) is 2.10. The first kappa shape index (κ1) is 17.3. The zero-order chi connectivity index (χ0) is 18.4. The Morgan fingerprint density at radius 1 is 1.15 bits per heavy atom. The highest BCUT2D eigenvalue weighted by Crippen LogP contribution is 2.19. The average Bonchev–Trinajstić information content (AvgIpc) is 2.67. The van der Waals surface area contributed by atoms with Crippen molar-refractivity contribution in [1.82, 2.24) is 15.0 Å². The highest BCUT2D eigenvalue weighted by atomic mass is 16.5. The minimum absolute atomic E-state index is 0.313. The number of aromatic nitrogens is 3. The van der Waals surface area contributed by atoms with Gasteiger partial charge in [0.1, 0.15) is 11.3 Å². The van der Waals surface area contributed by atoms with Gasteiger partial charge in [0.15, 0.2) is 6.73 Å². The average molecular weight is 351 g/mol. The summed E-state index contributed by atoms with van der Waals surface area (Å²) >= 11 is 0. The van der Waals surface area contributed by atoms with Crippen LogP contribution in [0, 0.1) is 0 Å². The summed E-state index contributed by atoms with van der Waals surface area (Å²) in [5.41, 5.74) is 0.885. The van der Waals surface area contributed by atoms with Crippen molar-refractivity contribution in [2.45, 2.75) is 13.7 Å². The fourth-order valence-corrected chi connectivity index (χ4v) is 2.34. The van der Waals surface area contributed by atoms with Crippen molar-refractivity contribution in [3.05, 3.63) is 70.5 Å². The van der Waals surface area contributed by atoms with Gasteiger partial charge in [-0.25, -0.2) is 4.79 Å². The lowest BCUT2D eigenvalue weighted by Gasteiger charge is -2.06. The molecule has 1 heterocycles. The Morgan fingerprint density at radius 2 is 1.92 bits per heavy atom. The van der Waals surface area contributed by atoms with E-state index in [1.807, 2.05) is 31.2 Å². The van der Waals surface area contributed by atoms with E-state index in [1.54, 1.807) is 30.3 Å². The maximum absolute atomic E-state index is 12.3. The molecule has 0 aliphatic heterocycles. The molecule has 0 radical (unpaired) electrons. The third-order valence-electron chi connectivity index (χ3n) is 3.58. The zero-order valence-electron chi connectivity index (χ0n) is 14.2. The van der Waals surface area contributed by atoms with E-state index in [-0.39, 0.29) is 12.3 Å². The van der Waals surface area contributed by atoms with Gasteiger partial charge in [-0.05, 0) is 31.2 Å². The fourth-order valence-electron chi connectivity index (χ4n) is 2.34. The number of nitrogens with zero attached hydrogens (tertiary/aromatic N) is 3. The van der Waals surface area contributed by atoms with Gasteiger partial charge in [0, 0.05) is 11.6 Å². The maximum Gasteiger partial charge on any atom is 0.332 e. The molecule has 0 saturated heterocycles. The number of hydrogen-bond acceptors (Lipinski definition) is 6. The fraction of sp³-hybridized carbons (Fsp3) is 0.158. The first-order chi connectivity index (χ1) is 12.7. The largest absolute Gasteiger partial charge is 0.493 e. The van der Waals surface area contributed by atoms with Gasteiger partial charge < -0.3 is 9.47 Å². The van der Waals surface area contributed by atoms with E-state index < -0.39 is 5.97 Å². The molecule has 132 valence electrons. The molecule has 26 heavy (non-hydrogen) atoms. The first-order valence-corrected chi connectivity index (χ1v) is 8.08. The van der Waals surface area contributed by atoms with Crippen LogP contribution >= 0.6 is 0 Å². The summed E-state index contributed by atoms with van der Waals surface area (Å²) < 4.78 is 11.6. The molecule has 7 nitrogen and oxygen atoms in total. The third kappa shape index (κ3) is 3.94. The molecule has 0 atom stereocenters. The van der Waals surface area contributed by atoms with Crippen LogP contribution < -0.4 is 10.3 Å². The van der Waals surface area contributed by atoms with Gasteiger partial charge in [-0.15, -0.1) is 5.10 Å². The van der Waals surface area contributed by atoms with Gasteiger partial charge in [-0.2, -0.15) is 4.68 Å². The van der Waals surface area contributed by atoms with E-state index in [0.717, 1.165) is 10.2 Å². The molecule has 3 rings (SSSR count). The van der Waals surface area contributed by atoms with Crippen molar-refractivity contribution in [3.8, 4) is 5.75 Å². The SMILES string of the molecule is CCOc1ccccc1/C=C/C(=O)OCn1nnc2ccccc2c1=O. The summed E-state index contributed by atoms with van der Waals surface area (Å²) in [5, 5.41) is 8.12. The molecule has 0 spiro atoms. The van der Waals surface area contributed by atoms with Crippen LogP contribution in [-0.4, -0.2) is 27.6 Å². The van der Waals surface area contributed by atoms with Gasteiger partial charge in [0.05, 0.1) is 12.0 Å². The Labute approximate surface area is 149 Å². The Hall–Kier alpha value is -3.48. The maximum atomic E-state index is 12.3.